The molecule has 1 aliphatic rings. The zero-order valence-corrected chi connectivity index (χ0v) is 16.8. The van der Waals surface area contributed by atoms with Crippen molar-refractivity contribution in [2.24, 2.45) is 0 Å². The van der Waals surface area contributed by atoms with Gasteiger partial charge in [0.15, 0.2) is 0 Å². The number of nitrogens with zero attached hydrogens (tertiary/aromatic N) is 4. The maximum atomic E-state index is 11.2. The van der Waals surface area contributed by atoms with Crippen LogP contribution in [0.4, 0.5) is 5.69 Å². The molecule has 0 bridgehead atoms. The molecule has 0 saturated carbocycles. The van der Waals surface area contributed by atoms with Crippen LogP contribution in [0.2, 0.25) is 0 Å². The molecule has 1 amide bonds. The summed E-state index contributed by atoms with van der Waals surface area (Å²) < 4.78 is 0. The molecule has 0 radical (unpaired) electrons. The van der Waals surface area contributed by atoms with Crippen LogP contribution in [0.15, 0.2) is 36.5 Å². The average Bonchev–Trinajstić information content (AvgIpc) is 3.02. The van der Waals surface area contributed by atoms with E-state index in [4.69, 9.17) is 9.97 Å². The lowest BCUT2D eigenvalue weighted by molar-refractivity contribution is -0.114. The minimum Gasteiger partial charge on any atom is -0.326 e. The highest BCUT2D eigenvalue weighted by Crippen LogP contribution is 2.26. The van der Waals surface area contributed by atoms with E-state index in [9.17, 15) is 4.79 Å². The van der Waals surface area contributed by atoms with Gasteiger partial charge in [-0.3, -0.25) is 14.7 Å². The average molecular weight is 375 g/mol. The summed E-state index contributed by atoms with van der Waals surface area (Å²) >= 11 is 0. The molecule has 1 aliphatic heterocycles. The van der Waals surface area contributed by atoms with E-state index in [2.05, 4.69) is 48.1 Å². The second-order valence-corrected chi connectivity index (χ2v) is 8.45. The molecule has 1 N–H and O–H groups in total. The fraction of sp³-hybridized carbons (Fsp3) is 0.364. The number of anilines is 1. The lowest BCUT2D eigenvalue weighted by Crippen LogP contribution is -2.18. The maximum absolute atomic E-state index is 11.2. The fourth-order valence-corrected chi connectivity index (χ4v) is 3.46. The summed E-state index contributed by atoms with van der Waals surface area (Å²) in [6, 6.07) is 9.89. The monoisotopic (exact) mass is 375 g/mol. The first kappa shape index (κ1) is 18.5. The number of nitrogens with one attached hydrogen (secondary N) is 1. The molecule has 3 heterocycles. The fourth-order valence-electron chi connectivity index (χ4n) is 3.46. The van der Waals surface area contributed by atoms with Gasteiger partial charge in [0.2, 0.25) is 5.91 Å². The van der Waals surface area contributed by atoms with Crippen LogP contribution < -0.4 is 5.32 Å². The third kappa shape index (κ3) is 3.87. The summed E-state index contributed by atoms with van der Waals surface area (Å²) in [6.45, 7) is 10.4. The SMILES string of the molecule is CC(=O)Nc1ccc2nc(CN3Cc4cnc(C(C)(C)C)nc4C3)ccc2c1. The Bertz CT molecular complexity index is 1050. The highest BCUT2D eigenvalue weighted by molar-refractivity contribution is 5.92. The highest BCUT2D eigenvalue weighted by atomic mass is 16.1. The van der Waals surface area contributed by atoms with Crippen molar-refractivity contribution in [2.75, 3.05) is 5.32 Å². The molecule has 28 heavy (non-hydrogen) atoms. The molecule has 144 valence electrons. The van der Waals surface area contributed by atoms with Crippen molar-refractivity contribution in [1.29, 1.82) is 0 Å². The zero-order valence-electron chi connectivity index (χ0n) is 16.8. The Morgan fingerprint density at radius 2 is 1.96 bits per heavy atom. The smallest absolute Gasteiger partial charge is 0.221 e. The number of amides is 1. The predicted octanol–water partition coefficient (Wildman–Crippen LogP) is 3.80. The van der Waals surface area contributed by atoms with Gasteiger partial charge in [-0.1, -0.05) is 26.8 Å². The van der Waals surface area contributed by atoms with Crippen molar-refractivity contribution in [3.8, 4) is 0 Å². The van der Waals surface area contributed by atoms with Crippen LogP contribution in [-0.2, 0) is 29.8 Å². The van der Waals surface area contributed by atoms with Crippen molar-refractivity contribution >= 4 is 22.5 Å². The van der Waals surface area contributed by atoms with E-state index >= 15 is 0 Å². The van der Waals surface area contributed by atoms with Crippen LogP contribution >= 0.6 is 0 Å². The first-order chi connectivity index (χ1) is 13.3. The first-order valence-electron chi connectivity index (χ1n) is 9.53. The number of pyridine rings is 1. The Balaban J connectivity index is 1.50. The van der Waals surface area contributed by atoms with Crippen molar-refractivity contribution < 1.29 is 4.79 Å². The molecule has 3 aromatic rings. The number of fused-ring (bicyclic) bond motifs is 2. The van der Waals surface area contributed by atoms with Crippen LogP contribution in [0.1, 0.15) is 50.5 Å². The first-order valence-corrected chi connectivity index (χ1v) is 9.53. The maximum Gasteiger partial charge on any atom is 0.221 e. The summed E-state index contributed by atoms with van der Waals surface area (Å²) in [5, 5.41) is 3.82. The molecule has 0 unspecified atom stereocenters. The van der Waals surface area contributed by atoms with Crippen molar-refractivity contribution in [3.05, 3.63) is 59.3 Å². The largest absolute Gasteiger partial charge is 0.326 e. The molecule has 0 atom stereocenters. The molecule has 0 spiro atoms. The van der Waals surface area contributed by atoms with Gasteiger partial charge < -0.3 is 5.32 Å². The molecule has 6 heteroatoms. The predicted molar refractivity (Wildman–Crippen MR) is 110 cm³/mol. The quantitative estimate of drug-likeness (QED) is 0.754. The molecule has 1 aromatic carbocycles. The van der Waals surface area contributed by atoms with E-state index in [0.717, 1.165) is 53.4 Å². The van der Waals surface area contributed by atoms with E-state index in [0.29, 0.717) is 0 Å². The van der Waals surface area contributed by atoms with Crippen LogP contribution in [0, 0.1) is 0 Å². The normalized spacial score (nSPS) is 14.3. The molecule has 4 rings (SSSR count). The summed E-state index contributed by atoms with van der Waals surface area (Å²) in [5.74, 6) is 0.821. The Labute approximate surface area is 165 Å². The van der Waals surface area contributed by atoms with Crippen LogP contribution in [0.25, 0.3) is 10.9 Å². The molecule has 2 aromatic heterocycles. The van der Waals surface area contributed by atoms with Gasteiger partial charge in [0.25, 0.3) is 0 Å². The van der Waals surface area contributed by atoms with Crippen LogP contribution in [0.3, 0.4) is 0 Å². The van der Waals surface area contributed by atoms with E-state index in [-0.39, 0.29) is 11.3 Å². The summed E-state index contributed by atoms with van der Waals surface area (Å²) in [6.07, 6.45) is 1.97. The van der Waals surface area contributed by atoms with Gasteiger partial charge in [0, 0.05) is 54.8 Å². The highest BCUT2D eigenvalue weighted by Gasteiger charge is 2.25. The Morgan fingerprint density at radius 1 is 1.14 bits per heavy atom. The van der Waals surface area contributed by atoms with Crippen LogP contribution in [-0.4, -0.2) is 25.8 Å². The molecule has 0 saturated heterocycles. The van der Waals surface area contributed by atoms with Gasteiger partial charge in [0.1, 0.15) is 5.82 Å². The van der Waals surface area contributed by atoms with Gasteiger partial charge >= 0.3 is 0 Å². The number of hydrogen-bond acceptors (Lipinski definition) is 5. The lowest BCUT2D eigenvalue weighted by Gasteiger charge is -2.16. The lowest BCUT2D eigenvalue weighted by atomic mass is 9.95. The zero-order chi connectivity index (χ0) is 19.9. The summed E-state index contributed by atoms with van der Waals surface area (Å²) in [5.41, 5.74) is 5.03. The van der Waals surface area contributed by atoms with Gasteiger partial charge in [-0.15, -0.1) is 0 Å². The Kier molecular flexibility index (Phi) is 4.59. The third-order valence-electron chi connectivity index (χ3n) is 4.85. The Morgan fingerprint density at radius 3 is 2.71 bits per heavy atom. The van der Waals surface area contributed by atoms with Gasteiger partial charge in [-0.05, 0) is 24.3 Å². The van der Waals surface area contributed by atoms with Gasteiger partial charge in [-0.25, -0.2) is 9.97 Å². The second-order valence-electron chi connectivity index (χ2n) is 8.45. The van der Waals surface area contributed by atoms with Crippen molar-refractivity contribution in [2.45, 2.75) is 52.7 Å². The van der Waals surface area contributed by atoms with E-state index in [1.54, 1.807) is 0 Å². The van der Waals surface area contributed by atoms with E-state index < -0.39 is 0 Å². The Hall–Kier alpha value is -2.86. The van der Waals surface area contributed by atoms with Crippen molar-refractivity contribution in [1.82, 2.24) is 19.9 Å². The number of hydrogen-bond donors (Lipinski definition) is 1. The number of benzene rings is 1. The topological polar surface area (TPSA) is 71.0 Å². The van der Waals surface area contributed by atoms with Gasteiger partial charge in [0.05, 0.1) is 16.9 Å². The van der Waals surface area contributed by atoms with Crippen LogP contribution in [0.5, 0.6) is 0 Å². The number of aromatic nitrogens is 3. The van der Waals surface area contributed by atoms with E-state index in [1.165, 1.54) is 12.5 Å². The standard InChI is InChI=1S/C22H25N5O/c1-14(28)24-17-7-8-19-15(9-17)5-6-18(25-19)12-27-11-16-10-23-21(22(2,3)4)26-20(16)13-27/h5-10H,11-13H2,1-4H3,(H,24,28). The second kappa shape index (κ2) is 6.95. The summed E-state index contributed by atoms with van der Waals surface area (Å²) in [7, 11) is 0. The minimum atomic E-state index is -0.0738. The number of carbonyl (C=O) groups is 1. The van der Waals surface area contributed by atoms with Gasteiger partial charge in [-0.2, -0.15) is 0 Å². The summed E-state index contributed by atoms with van der Waals surface area (Å²) in [4.78, 5) is 27.7. The number of rotatable bonds is 3. The molecule has 0 fully saturated rings. The molecule has 6 nitrogen and oxygen atoms in total. The minimum absolute atomic E-state index is 0.0432. The molecular formula is C22H25N5O. The van der Waals surface area contributed by atoms with E-state index in [1.807, 2.05) is 24.4 Å². The molecular weight excluding hydrogens is 350 g/mol. The van der Waals surface area contributed by atoms with Crippen molar-refractivity contribution in [3.63, 3.8) is 0 Å². The molecule has 0 aliphatic carbocycles. The number of carbonyl (C=O) groups excluding carboxylic acids is 1. The third-order valence-corrected chi connectivity index (χ3v) is 4.85.